The maximum absolute atomic E-state index is 13.9. The molecule has 5 rings (SSSR count). The molecule has 2 aromatic rings. The summed E-state index contributed by atoms with van der Waals surface area (Å²) in [6.07, 6.45) is -8.48. The molecular formula is C30H28F3N3O10. The zero-order valence-electron chi connectivity index (χ0n) is 24.3. The van der Waals surface area contributed by atoms with Crippen molar-refractivity contribution in [1.29, 1.82) is 0 Å². The number of nitrogens with one attached hydrogen (secondary N) is 1. The molecule has 16 heteroatoms. The molecule has 0 fully saturated rings. The fraction of sp³-hybridized carbons (Fsp3) is 0.333. The Hall–Kier alpha value is -5.09. The van der Waals surface area contributed by atoms with Crippen LogP contribution >= 0.6 is 0 Å². The highest BCUT2D eigenvalue weighted by molar-refractivity contribution is 6.25. The molecule has 3 aliphatic carbocycles. The van der Waals surface area contributed by atoms with Gasteiger partial charge in [-0.05, 0) is 49.8 Å². The number of carbonyl (C=O) groups is 4. The fourth-order valence-electron chi connectivity index (χ4n) is 6.83. The number of benzene rings is 2. The Kier molecular flexibility index (Phi) is 7.56. The molecule has 0 heterocycles. The summed E-state index contributed by atoms with van der Waals surface area (Å²) in [5, 5.41) is 56.9. The normalized spacial score (nSPS) is 27.6. The van der Waals surface area contributed by atoms with Crippen LogP contribution in [-0.4, -0.2) is 85.8 Å². The molecule has 6 atom stereocenters. The Morgan fingerprint density at radius 3 is 2.30 bits per heavy atom. The van der Waals surface area contributed by atoms with Crippen LogP contribution in [0.5, 0.6) is 11.5 Å². The van der Waals surface area contributed by atoms with Gasteiger partial charge >= 0.3 is 12.3 Å². The highest BCUT2D eigenvalue weighted by Gasteiger charge is 2.68. The summed E-state index contributed by atoms with van der Waals surface area (Å²) in [6.45, 7) is 1.52. The molecule has 8 N–H and O–H groups in total. The Bertz CT molecular complexity index is 1770. The number of halogens is 3. The van der Waals surface area contributed by atoms with E-state index < -0.39 is 111 Å². The van der Waals surface area contributed by atoms with Crippen LogP contribution in [0.15, 0.2) is 59.1 Å². The summed E-state index contributed by atoms with van der Waals surface area (Å²) in [6, 6.07) is 4.43. The Balaban J connectivity index is 1.74. The third kappa shape index (κ3) is 4.63. The molecule has 2 amide bonds. The van der Waals surface area contributed by atoms with Gasteiger partial charge in [-0.2, -0.15) is 13.2 Å². The van der Waals surface area contributed by atoms with Gasteiger partial charge in [0.25, 0.3) is 5.91 Å². The number of hydrogen-bond donors (Lipinski definition) is 7. The third-order valence-electron chi connectivity index (χ3n) is 8.76. The van der Waals surface area contributed by atoms with Crippen LogP contribution in [0.1, 0.15) is 34.3 Å². The van der Waals surface area contributed by atoms with E-state index in [1.165, 1.54) is 44.1 Å². The van der Waals surface area contributed by atoms with E-state index >= 15 is 0 Å². The number of carbonyl (C=O) groups excluding carboxylic acids is 4. The molecule has 0 radical (unpaired) electrons. The fourth-order valence-corrected chi connectivity index (χ4v) is 6.83. The Labute approximate surface area is 258 Å². The van der Waals surface area contributed by atoms with E-state index in [4.69, 9.17) is 10.5 Å². The second-order valence-electron chi connectivity index (χ2n) is 11.5. The molecule has 13 nitrogen and oxygen atoms in total. The molecule has 0 aromatic heterocycles. The first-order valence-electron chi connectivity index (χ1n) is 13.7. The molecule has 0 spiro atoms. The van der Waals surface area contributed by atoms with Gasteiger partial charge in [0, 0.05) is 11.5 Å². The van der Waals surface area contributed by atoms with E-state index in [0.29, 0.717) is 6.07 Å². The summed E-state index contributed by atoms with van der Waals surface area (Å²) in [5.74, 6) is -11.9. The number of primary amides is 1. The number of fused-ring (bicyclic) bond motifs is 3. The summed E-state index contributed by atoms with van der Waals surface area (Å²) < 4.78 is 46.8. The van der Waals surface area contributed by atoms with Crippen molar-refractivity contribution >= 4 is 29.3 Å². The molecule has 0 aliphatic heterocycles. The van der Waals surface area contributed by atoms with Crippen LogP contribution in [0.3, 0.4) is 0 Å². The van der Waals surface area contributed by atoms with Crippen molar-refractivity contribution in [2.75, 3.05) is 19.4 Å². The van der Waals surface area contributed by atoms with Crippen LogP contribution in [0.2, 0.25) is 0 Å². The number of likely N-dealkylation sites (N-methyl/N-ethyl adjacent to an activating group) is 1. The molecular weight excluding hydrogens is 619 g/mol. The number of anilines is 1. The van der Waals surface area contributed by atoms with Gasteiger partial charge in [0.2, 0.25) is 5.78 Å². The van der Waals surface area contributed by atoms with Crippen LogP contribution in [0.4, 0.5) is 23.7 Å². The second-order valence-corrected chi connectivity index (χ2v) is 11.5. The van der Waals surface area contributed by atoms with E-state index in [1.54, 1.807) is 0 Å². The van der Waals surface area contributed by atoms with Crippen LogP contribution in [0.25, 0.3) is 0 Å². The third-order valence-corrected chi connectivity index (χ3v) is 8.76. The highest BCUT2D eigenvalue weighted by Crippen LogP contribution is 2.56. The average molecular weight is 648 g/mol. The SMILES string of the molecule is C[C@H]1c2cccc(O)c2C(=O)C2=C(O)[C@]3(O)C(=O)C(C(N)=O)=C(O)[C@@H](N(C)C)[C@@H]3[C@@H](OC(=O)Nc3ccc(O)cc3C(F)(F)F)[C@@H]21. The van der Waals surface area contributed by atoms with Gasteiger partial charge < -0.3 is 36.0 Å². The van der Waals surface area contributed by atoms with Gasteiger partial charge in [0.1, 0.15) is 34.7 Å². The minimum atomic E-state index is -5.04. The maximum Gasteiger partial charge on any atom is 0.418 e. The van der Waals surface area contributed by atoms with Crippen LogP contribution in [-0.2, 0) is 20.5 Å². The van der Waals surface area contributed by atoms with Gasteiger partial charge in [-0.15, -0.1) is 0 Å². The zero-order chi connectivity index (χ0) is 34.2. The number of alkyl halides is 3. The lowest BCUT2D eigenvalue weighted by atomic mass is 9.55. The number of aromatic hydroxyl groups is 2. The molecule has 0 unspecified atom stereocenters. The lowest BCUT2D eigenvalue weighted by Gasteiger charge is -2.54. The highest BCUT2D eigenvalue weighted by atomic mass is 19.4. The number of nitrogens with zero attached hydrogens (tertiary/aromatic N) is 1. The number of phenolic OH excluding ortho intramolecular Hbond substituents is 2. The number of hydrogen-bond acceptors (Lipinski definition) is 11. The topological polar surface area (TPSA) is 220 Å². The van der Waals surface area contributed by atoms with Gasteiger partial charge in [-0.3, -0.25) is 24.6 Å². The largest absolute Gasteiger partial charge is 0.510 e. The van der Waals surface area contributed by atoms with E-state index in [0.717, 1.165) is 12.1 Å². The molecule has 0 saturated heterocycles. The van der Waals surface area contributed by atoms with Crippen molar-refractivity contribution < 1.29 is 62.6 Å². The van der Waals surface area contributed by atoms with Crippen molar-refractivity contribution in [2.24, 2.45) is 17.6 Å². The predicted octanol–water partition coefficient (Wildman–Crippen LogP) is 2.63. The van der Waals surface area contributed by atoms with E-state index in [-0.39, 0.29) is 11.1 Å². The number of aliphatic hydroxyl groups excluding tert-OH is 2. The molecule has 0 saturated carbocycles. The smallest absolute Gasteiger partial charge is 0.418 e. The number of ketones is 2. The number of Topliss-reactive ketones (excluding diaryl/α,β-unsaturated/α-hetero) is 2. The number of nitrogens with two attached hydrogens (primary N) is 1. The Morgan fingerprint density at radius 2 is 1.72 bits per heavy atom. The van der Waals surface area contributed by atoms with Crippen molar-refractivity contribution in [3.63, 3.8) is 0 Å². The summed E-state index contributed by atoms with van der Waals surface area (Å²) in [4.78, 5) is 54.6. The lowest BCUT2D eigenvalue weighted by molar-refractivity contribution is -0.162. The molecule has 3 aliphatic rings. The summed E-state index contributed by atoms with van der Waals surface area (Å²) in [5.41, 5.74) is -2.04. The maximum atomic E-state index is 13.9. The standard InChI is InChI=1S/C30H28F3N3O10/c1-10-12-5-4-6-15(38)17(12)22(39)18-16(10)24(46-28(44)35-14-8-7-11(37)9-13(14)30(31,32)33)20-21(36(2)3)23(40)19(27(34)43)26(42)29(20,45)25(18)41/h4-10,16,20-21,24,37-38,40-41,45H,1-3H3,(H2,34,43)(H,35,44)/t10-,16+,20+,21-,24-,29-/m0/s1. The van der Waals surface area contributed by atoms with Crippen molar-refractivity contribution in [2.45, 2.75) is 36.8 Å². The van der Waals surface area contributed by atoms with Crippen molar-refractivity contribution in [3.05, 3.63) is 75.8 Å². The van der Waals surface area contributed by atoms with E-state index in [9.17, 15) is 57.9 Å². The monoisotopic (exact) mass is 647 g/mol. The molecule has 244 valence electrons. The lowest BCUT2D eigenvalue weighted by Crippen LogP contribution is -2.69. The number of rotatable bonds is 4. The quantitative estimate of drug-likeness (QED) is 0.189. The van der Waals surface area contributed by atoms with Gasteiger partial charge in [-0.25, -0.2) is 4.79 Å². The number of ether oxygens (including phenoxy) is 1. The first-order chi connectivity index (χ1) is 21.3. The van der Waals surface area contributed by atoms with Crippen molar-refractivity contribution in [1.82, 2.24) is 4.90 Å². The van der Waals surface area contributed by atoms with Gasteiger partial charge in [-0.1, -0.05) is 19.1 Å². The first kappa shape index (κ1) is 32.3. The summed E-state index contributed by atoms with van der Waals surface area (Å²) in [7, 11) is 2.69. The predicted molar refractivity (Wildman–Crippen MR) is 151 cm³/mol. The van der Waals surface area contributed by atoms with Gasteiger partial charge in [0.15, 0.2) is 11.4 Å². The summed E-state index contributed by atoms with van der Waals surface area (Å²) >= 11 is 0. The number of phenols is 2. The Morgan fingerprint density at radius 1 is 1.07 bits per heavy atom. The van der Waals surface area contributed by atoms with Crippen LogP contribution in [0, 0.1) is 11.8 Å². The second kappa shape index (κ2) is 10.8. The average Bonchev–Trinajstić information content (AvgIpc) is 2.94. The van der Waals surface area contributed by atoms with Crippen LogP contribution < -0.4 is 11.1 Å². The van der Waals surface area contributed by atoms with E-state index in [2.05, 4.69) is 0 Å². The molecule has 46 heavy (non-hydrogen) atoms. The minimum Gasteiger partial charge on any atom is -0.510 e. The number of amides is 2. The zero-order valence-corrected chi connectivity index (χ0v) is 24.3. The number of aliphatic hydroxyl groups is 3. The van der Waals surface area contributed by atoms with Crippen molar-refractivity contribution in [3.8, 4) is 11.5 Å². The minimum absolute atomic E-state index is 0.213. The van der Waals surface area contributed by atoms with Gasteiger partial charge in [0.05, 0.1) is 28.8 Å². The first-order valence-corrected chi connectivity index (χ1v) is 13.7. The molecule has 0 bridgehead atoms. The molecule has 2 aromatic carbocycles. The van der Waals surface area contributed by atoms with E-state index in [1.807, 2.05) is 5.32 Å².